The van der Waals surface area contributed by atoms with E-state index in [1.807, 2.05) is 29.0 Å². The van der Waals surface area contributed by atoms with Crippen molar-refractivity contribution < 1.29 is 9.18 Å². The number of hydrogen-bond acceptors (Lipinski definition) is 5. The zero-order chi connectivity index (χ0) is 22.0. The predicted octanol–water partition coefficient (Wildman–Crippen LogP) is 3.86. The lowest BCUT2D eigenvalue weighted by atomic mass is 10.1. The van der Waals surface area contributed by atoms with Crippen molar-refractivity contribution in [2.24, 2.45) is 0 Å². The Bertz CT molecular complexity index is 1060. The molecule has 0 N–H and O–H groups in total. The molecule has 7 nitrogen and oxygen atoms in total. The second-order valence-corrected chi connectivity index (χ2v) is 7.98. The van der Waals surface area contributed by atoms with Gasteiger partial charge in [0.05, 0.1) is 18.9 Å². The molecule has 2 aromatic heterocycles. The maximum atomic E-state index is 13.1. The van der Waals surface area contributed by atoms with Crippen molar-refractivity contribution in [3.63, 3.8) is 0 Å². The third-order valence-corrected chi connectivity index (χ3v) is 5.72. The molecule has 4 rings (SSSR count). The number of carbonyl (C=O) groups excluding carboxylic acids is 1. The van der Waals surface area contributed by atoms with Gasteiger partial charge in [-0.2, -0.15) is 5.10 Å². The van der Waals surface area contributed by atoms with Gasteiger partial charge in [0, 0.05) is 26.7 Å². The Kier molecular flexibility index (Phi) is 7.22. The molecule has 1 aromatic carbocycles. The molecule has 1 amide bonds. The fraction of sp³-hybridized carbons (Fsp3) is 0.417. The second kappa shape index (κ2) is 9.89. The molecule has 1 atom stereocenters. The zero-order valence-corrected chi connectivity index (χ0v) is 18.1. The van der Waals surface area contributed by atoms with Crippen molar-refractivity contribution in [2.75, 3.05) is 23.9 Å². The number of fused-ring (bicyclic) bond motifs is 1. The fourth-order valence-electron chi connectivity index (χ4n) is 3.92. The van der Waals surface area contributed by atoms with Crippen LogP contribution in [-0.4, -0.2) is 45.8 Å². The number of aromatic nitrogens is 4. The molecule has 8 heteroatoms. The van der Waals surface area contributed by atoms with Crippen molar-refractivity contribution >= 4 is 17.4 Å². The number of rotatable bonds is 7. The fourth-order valence-corrected chi connectivity index (χ4v) is 3.92. The SMILES string of the molecule is C.CCC[C@@H]1C(=O)N(C)c2cnc(CCc3cnn(Cc4ccc(F)cc4)c3)nc2N1C. The van der Waals surface area contributed by atoms with Gasteiger partial charge in [0.2, 0.25) is 5.91 Å². The van der Waals surface area contributed by atoms with Gasteiger partial charge >= 0.3 is 0 Å². The molecular formula is C24H31FN6O. The quantitative estimate of drug-likeness (QED) is 0.560. The van der Waals surface area contributed by atoms with Crippen molar-refractivity contribution in [3.05, 3.63) is 65.6 Å². The standard InChI is InChI=1S/C23H27FN6O.CH4/c1-4-5-19-23(31)29(3)20-13-25-21(27-22(20)28(19)2)11-8-17-12-26-30(15-17)14-16-6-9-18(24)10-7-16;/h6-7,9-10,12-13,15,19H,4-5,8,11,14H2,1-3H3;1H4/t19-;/m1./s1. The van der Waals surface area contributed by atoms with E-state index in [9.17, 15) is 9.18 Å². The van der Waals surface area contributed by atoms with Crippen LogP contribution in [0.3, 0.4) is 0 Å². The minimum Gasteiger partial charge on any atom is -0.346 e. The topological polar surface area (TPSA) is 67.2 Å². The van der Waals surface area contributed by atoms with E-state index in [0.717, 1.165) is 47.7 Å². The van der Waals surface area contributed by atoms with Gasteiger partial charge in [-0.15, -0.1) is 0 Å². The number of halogens is 1. The Hall–Kier alpha value is -3.29. The van der Waals surface area contributed by atoms with Crippen molar-refractivity contribution in [3.8, 4) is 0 Å². The molecule has 0 saturated carbocycles. The smallest absolute Gasteiger partial charge is 0.249 e. The predicted molar refractivity (Wildman–Crippen MR) is 124 cm³/mol. The summed E-state index contributed by atoms with van der Waals surface area (Å²) in [6, 6.07) is 6.26. The molecule has 0 radical (unpaired) electrons. The zero-order valence-electron chi connectivity index (χ0n) is 18.1. The van der Waals surface area contributed by atoms with E-state index in [0.29, 0.717) is 13.0 Å². The summed E-state index contributed by atoms with van der Waals surface area (Å²) in [6.07, 6.45) is 8.76. The number of hydrogen-bond donors (Lipinski definition) is 0. The Labute approximate surface area is 188 Å². The lowest BCUT2D eigenvalue weighted by molar-refractivity contribution is -0.120. The van der Waals surface area contributed by atoms with Crippen LogP contribution in [0.25, 0.3) is 0 Å². The molecule has 1 aliphatic rings. The van der Waals surface area contributed by atoms with Gasteiger partial charge in [-0.3, -0.25) is 9.48 Å². The maximum absolute atomic E-state index is 13.1. The summed E-state index contributed by atoms with van der Waals surface area (Å²) in [4.78, 5) is 25.5. The summed E-state index contributed by atoms with van der Waals surface area (Å²) in [5.74, 6) is 1.39. The molecule has 0 aliphatic carbocycles. The first-order valence-corrected chi connectivity index (χ1v) is 10.6. The van der Waals surface area contributed by atoms with Crippen molar-refractivity contribution in [1.82, 2.24) is 19.7 Å². The third kappa shape index (κ3) is 4.79. The Morgan fingerprint density at radius 2 is 1.81 bits per heavy atom. The minimum absolute atomic E-state index is 0. The molecule has 170 valence electrons. The largest absolute Gasteiger partial charge is 0.346 e. The van der Waals surface area contributed by atoms with Crippen LogP contribution in [0.4, 0.5) is 15.9 Å². The van der Waals surface area contributed by atoms with Crippen molar-refractivity contribution in [1.29, 1.82) is 0 Å². The van der Waals surface area contributed by atoms with Gasteiger partial charge in [0.25, 0.3) is 0 Å². The van der Waals surface area contributed by atoms with E-state index in [1.165, 1.54) is 12.1 Å². The normalized spacial score (nSPS) is 15.5. The third-order valence-electron chi connectivity index (χ3n) is 5.72. The molecule has 0 spiro atoms. The van der Waals surface area contributed by atoms with Crippen LogP contribution < -0.4 is 9.80 Å². The summed E-state index contributed by atoms with van der Waals surface area (Å²) in [5, 5.41) is 4.41. The molecule has 0 unspecified atom stereocenters. The number of likely N-dealkylation sites (N-methyl/N-ethyl adjacent to an activating group) is 2. The van der Waals surface area contributed by atoms with Gasteiger partial charge in [0.15, 0.2) is 5.82 Å². The highest BCUT2D eigenvalue weighted by Gasteiger charge is 2.35. The van der Waals surface area contributed by atoms with E-state index in [2.05, 4.69) is 17.0 Å². The van der Waals surface area contributed by atoms with Gasteiger partial charge in [-0.25, -0.2) is 14.4 Å². The van der Waals surface area contributed by atoms with E-state index in [4.69, 9.17) is 4.98 Å². The summed E-state index contributed by atoms with van der Waals surface area (Å²) in [6.45, 7) is 2.68. The number of anilines is 2. The molecule has 3 aromatic rings. The van der Waals surface area contributed by atoms with Crippen LogP contribution in [0.1, 0.15) is 44.1 Å². The van der Waals surface area contributed by atoms with Crippen LogP contribution in [0, 0.1) is 5.82 Å². The molecule has 1 aliphatic heterocycles. The van der Waals surface area contributed by atoms with Gasteiger partial charge < -0.3 is 9.80 Å². The number of nitrogens with zero attached hydrogens (tertiary/aromatic N) is 6. The summed E-state index contributed by atoms with van der Waals surface area (Å²) in [5.41, 5.74) is 2.83. The molecule has 0 bridgehead atoms. The summed E-state index contributed by atoms with van der Waals surface area (Å²) in [7, 11) is 3.72. The van der Waals surface area contributed by atoms with Crippen LogP contribution in [-0.2, 0) is 24.2 Å². The van der Waals surface area contributed by atoms with Crippen molar-refractivity contribution in [2.45, 2.75) is 52.6 Å². The Morgan fingerprint density at radius 3 is 2.53 bits per heavy atom. The number of aryl methyl sites for hydroxylation is 2. The summed E-state index contributed by atoms with van der Waals surface area (Å²) >= 11 is 0. The average Bonchev–Trinajstić information content (AvgIpc) is 3.22. The first-order valence-electron chi connectivity index (χ1n) is 10.6. The highest BCUT2D eigenvalue weighted by atomic mass is 19.1. The minimum atomic E-state index is -0.239. The molecule has 0 fully saturated rings. The van der Waals surface area contributed by atoms with E-state index in [1.54, 1.807) is 30.3 Å². The van der Waals surface area contributed by atoms with Gasteiger partial charge in [-0.05, 0) is 36.1 Å². The highest BCUT2D eigenvalue weighted by molar-refractivity contribution is 6.04. The van der Waals surface area contributed by atoms with Crippen LogP contribution in [0.2, 0.25) is 0 Å². The maximum Gasteiger partial charge on any atom is 0.249 e. The first-order chi connectivity index (χ1) is 15.0. The summed E-state index contributed by atoms with van der Waals surface area (Å²) < 4.78 is 14.9. The second-order valence-electron chi connectivity index (χ2n) is 7.98. The van der Waals surface area contributed by atoms with E-state index in [-0.39, 0.29) is 25.2 Å². The lowest BCUT2D eigenvalue weighted by Gasteiger charge is -2.38. The van der Waals surface area contributed by atoms with Crippen LogP contribution in [0.15, 0.2) is 42.9 Å². The number of amides is 1. The van der Waals surface area contributed by atoms with Crippen LogP contribution in [0.5, 0.6) is 0 Å². The molecule has 32 heavy (non-hydrogen) atoms. The van der Waals surface area contributed by atoms with Gasteiger partial charge in [-0.1, -0.05) is 32.9 Å². The lowest BCUT2D eigenvalue weighted by Crippen LogP contribution is -2.51. The number of benzene rings is 1. The Morgan fingerprint density at radius 1 is 1.06 bits per heavy atom. The Balaban J connectivity index is 0.00000289. The molecular weight excluding hydrogens is 407 g/mol. The van der Waals surface area contributed by atoms with Gasteiger partial charge in [0.1, 0.15) is 23.4 Å². The van der Waals surface area contributed by atoms with E-state index < -0.39 is 0 Å². The monoisotopic (exact) mass is 438 g/mol. The molecule has 0 saturated heterocycles. The number of carbonyl (C=O) groups is 1. The molecule has 3 heterocycles. The highest BCUT2D eigenvalue weighted by Crippen LogP contribution is 2.33. The van der Waals surface area contributed by atoms with Crippen LogP contribution >= 0.6 is 0 Å². The van der Waals surface area contributed by atoms with E-state index >= 15 is 0 Å². The average molecular weight is 439 g/mol. The first kappa shape index (κ1) is 23.4.